The normalized spacial score (nSPS) is 9.93. The lowest BCUT2D eigenvalue weighted by Crippen LogP contribution is -2.15. The van der Waals surface area contributed by atoms with Crippen molar-refractivity contribution < 1.29 is 9.59 Å². The minimum absolute atomic E-state index is 0.292. The van der Waals surface area contributed by atoms with Crippen molar-refractivity contribution in [2.75, 3.05) is 10.6 Å². The molecule has 3 rings (SSSR count). The van der Waals surface area contributed by atoms with Crippen molar-refractivity contribution in [2.24, 2.45) is 0 Å². The molecule has 5 nitrogen and oxygen atoms in total. The summed E-state index contributed by atoms with van der Waals surface area (Å²) >= 11 is 0. The van der Waals surface area contributed by atoms with E-state index in [9.17, 15) is 9.59 Å². The maximum absolute atomic E-state index is 12.5. The highest BCUT2D eigenvalue weighted by molar-refractivity contribution is 6.08. The van der Waals surface area contributed by atoms with Crippen molar-refractivity contribution >= 4 is 23.2 Å². The van der Waals surface area contributed by atoms with Crippen LogP contribution >= 0.6 is 0 Å². The smallest absolute Gasteiger partial charge is 0.255 e. The van der Waals surface area contributed by atoms with Gasteiger partial charge in [-0.1, -0.05) is 29.8 Å². The van der Waals surface area contributed by atoms with Gasteiger partial charge in [0, 0.05) is 22.5 Å². The quantitative estimate of drug-likeness (QED) is 0.729. The molecule has 0 aliphatic rings. The molecule has 2 N–H and O–H groups in total. The van der Waals surface area contributed by atoms with Gasteiger partial charge in [-0.25, -0.2) is 0 Å². The monoisotopic (exact) mass is 355 g/mol. The summed E-state index contributed by atoms with van der Waals surface area (Å²) in [6, 6.07) is 22.6. The summed E-state index contributed by atoms with van der Waals surface area (Å²) in [6.07, 6.45) is 0. The molecule has 0 radical (unpaired) electrons. The van der Waals surface area contributed by atoms with Crippen molar-refractivity contribution in [1.29, 1.82) is 5.26 Å². The highest BCUT2D eigenvalue weighted by Gasteiger charge is 2.11. The summed E-state index contributed by atoms with van der Waals surface area (Å²) < 4.78 is 0. The summed E-state index contributed by atoms with van der Waals surface area (Å²) in [5.41, 5.74) is 3.51. The first-order chi connectivity index (χ1) is 13.0. The second-order valence-corrected chi connectivity index (χ2v) is 6.05. The third-order valence-electron chi connectivity index (χ3n) is 3.95. The van der Waals surface area contributed by atoms with Crippen molar-refractivity contribution in [3.05, 3.63) is 95.1 Å². The Hall–Kier alpha value is -3.91. The van der Waals surface area contributed by atoms with E-state index < -0.39 is 0 Å². The maximum atomic E-state index is 12.5. The molecular weight excluding hydrogens is 338 g/mol. The largest absolute Gasteiger partial charge is 0.322 e. The average molecular weight is 355 g/mol. The van der Waals surface area contributed by atoms with Crippen molar-refractivity contribution in [1.82, 2.24) is 0 Å². The van der Waals surface area contributed by atoms with E-state index in [1.165, 1.54) is 6.07 Å². The Morgan fingerprint density at radius 1 is 0.778 bits per heavy atom. The van der Waals surface area contributed by atoms with Crippen LogP contribution in [0.2, 0.25) is 0 Å². The van der Waals surface area contributed by atoms with Crippen LogP contribution in [-0.2, 0) is 0 Å². The Balaban J connectivity index is 1.74. The molecule has 5 heteroatoms. The van der Waals surface area contributed by atoms with Crippen LogP contribution in [0, 0.1) is 18.3 Å². The van der Waals surface area contributed by atoms with Crippen LogP contribution in [0.3, 0.4) is 0 Å². The van der Waals surface area contributed by atoms with Crippen LogP contribution in [0.25, 0.3) is 0 Å². The molecule has 0 aliphatic heterocycles. The van der Waals surface area contributed by atoms with E-state index in [4.69, 9.17) is 5.26 Å². The summed E-state index contributed by atoms with van der Waals surface area (Å²) in [6.45, 7) is 1.97. The molecule has 27 heavy (non-hydrogen) atoms. The fraction of sp³-hybridized carbons (Fsp3) is 0.0455. The molecule has 0 saturated heterocycles. The molecule has 0 atom stereocenters. The van der Waals surface area contributed by atoms with E-state index >= 15 is 0 Å². The molecular formula is C22H17N3O2. The summed E-state index contributed by atoms with van der Waals surface area (Å²) in [7, 11) is 0. The molecule has 132 valence electrons. The molecule has 0 saturated carbocycles. The molecule has 3 aromatic carbocycles. The highest BCUT2D eigenvalue weighted by Crippen LogP contribution is 2.15. The second-order valence-electron chi connectivity index (χ2n) is 6.05. The minimum atomic E-state index is -0.352. The molecule has 3 aromatic rings. The van der Waals surface area contributed by atoms with Gasteiger partial charge in [0.05, 0.1) is 11.6 Å². The van der Waals surface area contributed by atoms with E-state index in [2.05, 4.69) is 10.6 Å². The summed E-state index contributed by atoms with van der Waals surface area (Å²) in [5, 5.41) is 14.5. The van der Waals surface area contributed by atoms with Gasteiger partial charge in [0.2, 0.25) is 0 Å². The maximum Gasteiger partial charge on any atom is 0.255 e. The Morgan fingerprint density at radius 3 is 2.00 bits per heavy atom. The standard InChI is InChI=1S/C22H17N3O2/c1-15-8-10-19(11-9-15)24-21(26)17-5-3-6-18(13-17)22(27)25-20-7-2-4-16(12-20)14-23/h2-13H,1H3,(H,24,26)(H,25,27). The summed E-state index contributed by atoms with van der Waals surface area (Å²) in [5.74, 6) is -0.643. The number of nitriles is 1. The van der Waals surface area contributed by atoms with Crippen molar-refractivity contribution in [3.63, 3.8) is 0 Å². The summed E-state index contributed by atoms with van der Waals surface area (Å²) in [4.78, 5) is 24.9. The SMILES string of the molecule is Cc1ccc(NC(=O)c2cccc(C(=O)Nc3cccc(C#N)c3)c2)cc1. The number of hydrogen-bond donors (Lipinski definition) is 2. The first kappa shape index (κ1) is 17.9. The number of carbonyl (C=O) groups excluding carboxylic acids is 2. The van der Waals surface area contributed by atoms with Crippen LogP contribution in [0.1, 0.15) is 31.8 Å². The number of nitrogens with one attached hydrogen (secondary N) is 2. The zero-order chi connectivity index (χ0) is 19.2. The van der Waals surface area contributed by atoms with Gasteiger partial charge < -0.3 is 10.6 Å². The van der Waals surface area contributed by atoms with Gasteiger partial charge in [0.25, 0.3) is 11.8 Å². The van der Waals surface area contributed by atoms with Gasteiger partial charge in [0.1, 0.15) is 0 Å². The lowest BCUT2D eigenvalue weighted by atomic mass is 10.1. The third kappa shape index (κ3) is 4.59. The second kappa shape index (κ2) is 7.98. The third-order valence-corrected chi connectivity index (χ3v) is 3.95. The fourth-order valence-electron chi connectivity index (χ4n) is 2.51. The number of aryl methyl sites for hydroxylation is 1. The molecule has 0 spiro atoms. The number of amides is 2. The lowest BCUT2D eigenvalue weighted by molar-refractivity contribution is 0.102. The van der Waals surface area contributed by atoms with Crippen molar-refractivity contribution in [2.45, 2.75) is 6.92 Å². The van der Waals surface area contributed by atoms with E-state index in [-0.39, 0.29) is 11.8 Å². The number of carbonyl (C=O) groups is 2. The number of anilines is 2. The number of nitrogens with zero attached hydrogens (tertiary/aromatic N) is 1. The van der Waals surface area contributed by atoms with E-state index in [0.717, 1.165) is 5.56 Å². The zero-order valence-corrected chi connectivity index (χ0v) is 14.7. The molecule has 0 heterocycles. The van der Waals surface area contributed by atoms with Gasteiger partial charge in [-0.3, -0.25) is 9.59 Å². The Bertz CT molecular complexity index is 1030. The van der Waals surface area contributed by atoms with Gasteiger partial charge in [-0.15, -0.1) is 0 Å². The molecule has 2 amide bonds. The van der Waals surface area contributed by atoms with Crippen LogP contribution < -0.4 is 10.6 Å². The van der Waals surface area contributed by atoms with Gasteiger partial charge >= 0.3 is 0 Å². The Labute approximate surface area is 157 Å². The van der Waals surface area contributed by atoms with E-state index in [1.54, 1.807) is 42.5 Å². The van der Waals surface area contributed by atoms with Gasteiger partial charge in [-0.05, 0) is 55.5 Å². The van der Waals surface area contributed by atoms with E-state index in [1.807, 2.05) is 37.3 Å². The Morgan fingerprint density at radius 2 is 1.37 bits per heavy atom. The zero-order valence-electron chi connectivity index (χ0n) is 14.7. The predicted octanol–water partition coefficient (Wildman–Crippen LogP) is 4.37. The first-order valence-corrected chi connectivity index (χ1v) is 8.35. The fourth-order valence-corrected chi connectivity index (χ4v) is 2.51. The average Bonchev–Trinajstić information content (AvgIpc) is 2.70. The highest BCUT2D eigenvalue weighted by atomic mass is 16.2. The number of rotatable bonds is 4. The Kier molecular flexibility index (Phi) is 5.29. The van der Waals surface area contributed by atoms with Crippen LogP contribution in [-0.4, -0.2) is 11.8 Å². The van der Waals surface area contributed by atoms with Crippen molar-refractivity contribution in [3.8, 4) is 6.07 Å². The van der Waals surface area contributed by atoms with Crippen LogP contribution in [0.15, 0.2) is 72.8 Å². The predicted molar refractivity (Wildman–Crippen MR) is 105 cm³/mol. The molecule has 0 unspecified atom stereocenters. The molecule has 0 fully saturated rings. The lowest BCUT2D eigenvalue weighted by Gasteiger charge is -2.08. The van der Waals surface area contributed by atoms with Crippen LogP contribution in [0.5, 0.6) is 0 Å². The molecule has 0 bridgehead atoms. The first-order valence-electron chi connectivity index (χ1n) is 8.35. The van der Waals surface area contributed by atoms with Gasteiger partial charge in [-0.2, -0.15) is 5.26 Å². The number of benzene rings is 3. The van der Waals surface area contributed by atoms with Crippen LogP contribution in [0.4, 0.5) is 11.4 Å². The topological polar surface area (TPSA) is 82.0 Å². The molecule has 0 aromatic heterocycles. The van der Waals surface area contributed by atoms with E-state index in [0.29, 0.717) is 28.1 Å². The molecule has 0 aliphatic carbocycles. The van der Waals surface area contributed by atoms with Gasteiger partial charge in [0.15, 0.2) is 0 Å². The minimum Gasteiger partial charge on any atom is -0.322 e. The number of hydrogen-bond acceptors (Lipinski definition) is 3.